The lowest BCUT2D eigenvalue weighted by atomic mass is 10.1. The van der Waals surface area contributed by atoms with Crippen LogP contribution in [0.3, 0.4) is 0 Å². The first kappa shape index (κ1) is 18.1. The summed E-state index contributed by atoms with van der Waals surface area (Å²) < 4.78 is 45.5. The molecule has 0 bridgehead atoms. The fraction of sp³-hybridized carbons (Fsp3) is 0.286. The van der Waals surface area contributed by atoms with Gasteiger partial charge in [0.2, 0.25) is 5.88 Å². The predicted molar refractivity (Wildman–Crippen MR) is 92.8 cm³/mol. The quantitative estimate of drug-likeness (QED) is 0.618. The Balaban J connectivity index is 2.29. The second-order valence-electron chi connectivity index (χ2n) is 5.25. The van der Waals surface area contributed by atoms with Crippen molar-refractivity contribution in [1.82, 2.24) is 14.8 Å². The van der Waals surface area contributed by atoms with Crippen LogP contribution in [0.4, 0.5) is 18.3 Å². The number of benzene rings is 1. The molecule has 0 saturated carbocycles. The highest BCUT2D eigenvalue weighted by Gasteiger charge is 2.26. The molecule has 0 fully saturated rings. The van der Waals surface area contributed by atoms with E-state index in [-0.39, 0.29) is 27.2 Å². The molecule has 5 nitrogen and oxygen atoms in total. The smallest absolute Gasteiger partial charge is 0.388 e. The molecule has 134 valence electrons. The predicted octanol–water partition coefficient (Wildman–Crippen LogP) is 4.81. The van der Waals surface area contributed by atoms with E-state index in [1.807, 2.05) is 0 Å². The fourth-order valence-corrected chi connectivity index (χ4v) is 3.91. The Morgan fingerprint density at radius 1 is 1.32 bits per heavy atom. The van der Waals surface area contributed by atoms with E-state index in [2.05, 4.69) is 14.8 Å². The first-order valence-electron chi connectivity index (χ1n) is 6.84. The molecule has 0 atom stereocenters. The Morgan fingerprint density at radius 2 is 2.00 bits per heavy atom. The number of anilines is 1. The molecule has 2 heterocycles. The van der Waals surface area contributed by atoms with Crippen LogP contribution >= 0.6 is 34.5 Å². The summed E-state index contributed by atoms with van der Waals surface area (Å²) in [4.78, 5) is 6.11. The van der Waals surface area contributed by atoms with Gasteiger partial charge in [-0.2, -0.15) is 13.9 Å². The summed E-state index contributed by atoms with van der Waals surface area (Å²) >= 11 is 13.4. The molecule has 11 heteroatoms. The molecule has 0 N–H and O–H groups in total. The van der Waals surface area contributed by atoms with E-state index >= 15 is 0 Å². The molecule has 0 aliphatic rings. The van der Waals surface area contributed by atoms with Gasteiger partial charge in [0.15, 0.2) is 5.13 Å². The zero-order valence-corrected chi connectivity index (χ0v) is 15.5. The van der Waals surface area contributed by atoms with Gasteiger partial charge in [-0.15, -0.1) is 0 Å². The largest absolute Gasteiger partial charge is 0.416 e. The van der Waals surface area contributed by atoms with Gasteiger partial charge in [0.1, 0.15) is 22.1 Å². The Kier molecular flexibility index (Phi) is 4.74. The van der Waals surface area contributed by atoms with Crippen LogP contribution < -0.4 is 9.64 Å². The van der Waals surface area contributed by atoms with Crippen LogP contribution in [0.25, 0.3) is 21.5 Å². The van der Waals surface area contributed by atoms with Gasteiger partial charge in [0.25, 0.3) is 0 Å². The topological polar surface area (TPSA) is 43.2 Å². The summed E-state index contributed by atoms with van der Waals surface area (Å²) in [5.74, 6) is -1.04. The standard InChI is InChI=1S/C14H11Cl2F3N4OS/c1-22(2)14-20-9-5(15)4-6(17)7(11(9)25-14)10-8(16)12(23(3)21-10)24-13(18)19/h4,13H,1-3H3. The summed E-state index contributed by atoms with van der Waals surface area (Å²) in [7, 11) is 4.93. The van der Waals surface area contributed by atoms with Crippen molar-refractivity contribution in [1.29, 1.82) is 0 Å². The summed E-state index contributed by atoms with van der Waals surface area (Å²) in [5, 5.41) is 4.55. The van der Waals surface area contributed by atoms with Crippen molar-refractivity contribution in [2.24, 2.45) is 7.05 Å². The third kappa shape index (κ3) is 3.11. The van der Waals surface area contributed by atoms with Crippen molar-refractivity contribution < 1.29 is 17.9 Å². The highest BCUT2D eigenvalue weighted by Crippen LogP contribution is 2.44. The molecule has 0 unspecified atom stereocenters. The number of ether oxygens (including phenoxy) is 1. The van der Waals surface area contributed by atoms with Crippen molar-refractivity contribution in [2.75, 3.05) is 19.0 Å². The lowest BCUT2D eigenvalue weighted by Gasteiger charge is -2.05. The highest BCUT2D eigenvalue weighted by molar-refractivity contribution is 7.22. The van der Waals surface area contributed by atoms with Gasteiger partial charge in [-0.25, -0.2) is 14.1 Å². The van der Waals surface area contributed by atoms with Crippen LogP contribution in [0.1, 0.15) is 0 Å². The number of fused-ring (bicyclic) bond motifs is 1. The van der Waals surface area contributed by atoms with E-state index < -0.39 is 12.4 Å². The van der Waals surface area contributed by atoms with Crippen molar-refractivity contribution in [2.45, 2.75) is 6.61 Å². The molecule has 0 spiro atoms. The monoisotopic (exact) mass is 410 g/mol. The van der Waals surface area contributed by atoms with Crippen LogP contribution in [-0.4, -0.2) is 35.5 Å². The van der Waals surface area contributed by atoms with E-state index in [0.717, 1.165) is 10.7 Å². The zero-order valence-electron chi connectivity index (χ0n) is 13.1. The van der Waals surface area contributed by atoms with E-state index in [0.29, 0.717) is 15.3 Å². The van der Waals surface area contributed by atoms with Crippen molar-refractivity contribution in [3.05, 3.63) is 21.9 Å². The van der Waals surface area contributed by atoms with Crippen molar-refractivity contribution in [3.8, 4) is 17.1 Å². The van der Waals surface area contributed by atoms with E-state index in [9.17, 15) is 13.2 Å². The number of rotatable bonds is 4. The molecule has 0 amide bonds. The van der Waals surface area contributed by atoms with Crippen LogP contribution in [0, 0.1) is 5.82 Å². The minimum atomic E-state index is -3.08. The normalized spacial score (nSPS) is 11.6. The molecule has 0 aliphatic heterocycles. The molecule has 0 radical (unpaired) electrons. The Hall–Kier alpha value is -1.71. The average Bonchev–Trinajstić information content (AvgIpc) is 3.05. The summed E-state index contributed by atoms with van der Waals surface area (Å²) in [6, 6.07) is 1.09. The Labute approximate surface area is 154 Å². The van der Waals surface area contributed by atoms with Crippen LogP contribution in [0.15, 0.2) is 6.07 Å². The summed E-state index contributed by atoms with van der Waals surface area (Å²) in [5.41, 5.74) is 0.396. The molecular weight excluding hydrogens is 400 g/mol. The number of thiazole rings is 1. The number of nitrogens with zero attached hydrogens (tertiary/aromatic N) is 4. The number of halogens is 5. The van der Waals surface area contributed by atoms with Gasteiger partial charge in [-0.05, 0) is 6.07 Å². The van der Waals surface area contributed by atoms with Gasteiger partial charge in [0, 0.05) is 21.1 Å². The Morgan fingerprint density at radius 3 is 2.60 bits per heavy atom. The van der Waals surface area contributed by atoms with Crippen molar-refractivity contribution >= 4 is 49.9 Å². The number of aryl methyl sites for hydroxylation is 1. The third-order valence-corrected chi connectivity index (χ3v) is 5.19. The summed E-state index contributed by atoms with van der Waals surface area (Å²) in [6.07, 6.45) is 0. The number of hydrogen-bond acceptors (Lipinski definition) is 5. The SMILES string of the molecule is CN(C)c1nc2c(Cl)cc(F)c(-c3nn(C)c(OC(F)F)c3Cl)c2s1. The first-order valence-corrected chi connectivity index (χ1v) is 8.41. The number of hydrogen-bond donors (Lipinski definition) is 0. The van der Waals surface area contributed by atoms with Crippen molar-refractivity contribution in [3.63, 3.8) is 0 Å². The maximum absolute atomic E-state index is 14.6. The Bertz CT molecular complexity index is 958. The molecular formula is C14H11Cl2F3N4OS. The van der Waals surface area contributed by atoms with Crippen LogP contribution in [-0.2, 0) is 7.05 Å². The molecule has 25 heavy (non-hydrogen) atoms. The van der Waals surface area contributed by atoms with E-state index in [4.69, 9.17) is 23.2 Å². The van der Waals surface area contributed by atoms with Gasteiger partial charge in [0.05, 0.1) is 15.3 Å². The second kappa shape index (κ2) is 6.54. The molecule has 2 aromatic heterocycles. The van der Waals surface area contributed by atoms with Crippen LogP contribution in [0.2, 0.25) is 10.0 Å². The summed E-state index contributed by atoms with van der Waals surface area (Å²) in [6.45, 7) is -3.08. The van der Waals surface area contributed by atoms with Gasteiger partial charge < -0.3 is 9.64 Å². The minimum absolute atomic E-state index is 0.0204. The van der Waals surface area contributed by atoms with Gasteiger partial charge >= 0.3 is 6.61 Å². The van der Waals surface area contributed by atoms with E-state index in [1.54, 1.807) is 19.0 Å². The number of aromatic nitrogens is 3. The van der Waals surface area contributed by atoms with Crippen LogP contribution in [0.5, 0.6) is 5.88 Å². The fourth-order valence-electron chi connectivity index (χ4n) is 2.27. The molecule has 0 saturated heterocycles. The minimum Gasteiger partial charge on any atom is -0.416 e. The van der Waals surface area contributed by atoms with E-state index in [1.165, 1.54) is 18.4 Å². The lowest BCUT2D eigenvalue weighted by molar-refractivity contribution is -0.0552. The zero-order chi connectivity index (χ0) is 18.5. The second-order valence-corrected chi connectivity index (χ2v) is 7.02. The molecule has 0 aliphatic carbocycles. The highest BCUT2D eigenvalue weighted by atomic mass is 35.5. The van der Waals surface area contributed by atoms with Gasteiger partial charge in [-0.3, -0.25) is 0 Å². The molecule has 3 rings (SSSR count). The third-order valence-electron chi connectivity index (χ3n) is 3.32. The first-order chi connectivity index (χ1) is 11.7. The lowest BCUT2D eigenvalue weighted by Crippen LogP contribution is -2.07. The maximum atomic E-state index is 14.6. The average molecular weight is 411 g/mol. The molecule has 3 aromatic rings. The number of alkyl halides is 2. The van der Waals surface area contributed by atoms with Gasteiger partial charge in [-0.1, -0.05) is 34.5 Å². The molecule has 1 aromatic carbocycles. The maximum Gasteiger partial charge on any atom is 0.388 e.